The minimum absolute atomic E-state index is 0.126. The van der Waals surface area contributed by atoms with Gasteiger partial charge in [-0.15, -0.1) is 0 Å². The topological polar surface area (TPSA) is 52.5 Å². The van der Waals surface area contributed by atoms with E-state index in [0.717, 1.165) is 12.5 Å². The number of aliphatic hydroxyl groups excluding tert-OH is 1. The molecule has 0 saturated carbocycles. The van der Waals surface area contributed by atoms with Crippen LogP contribution in [-0.4, -0.2) is 22.9 Å². The van der Waals surface area contributed by atoms with Gasteiger partial charge in [0.25, 0.3) is 0 Å². The molecule has 1 aromatic rings. The maximum absolute atomic E-state index is 13.1. The van der Waals surface area contributed by atoms with Crippen molar-refractivity contribution in [1.82, 2.24) is 5.32 Å². The predicted octanol–water partition coefficient (Wildman–Crippen LogP) is 1.95. The molecule has 3 N–H and O–H groups in total. The van der Waals surface area contributed by atoms with Gasteiger partial charge in [0.05, 0.1) is 12.6 Å². The van der Waals surface area contributed by atoms with E-state index in [2.05, 4.69) is 5.32 Å². The minimum Gasteiger partial charge on any atom is -0.508 e. The molecule has 0 saturated heterocycles. The van der Waals surface area contributed by atoms with Crippen molar-refractivity contribution >= 4 is 0 Å². The summed E-state index contributed by atoms with van der Waals surface area (Å²) in [5.41, 5.74) is 0.556. The van der Waals surface area contributed by atoms with Crippen molar-refractivity contribution in [3.63, 3.8) is 0 Å². The number of benzene rings is 1. The van der Waals surface area contributed by atoms with Gasteiger partial charge in [-0.25, -0.2) is 4.39 Å². The van der Waals surface area contributed by atoms with E-state index >= 15 is 0 Å². The highest BCUT2D eigenvalue weighted by molar-refractivity contribution is 5.30. The number of hydrogen-bond donors (Lipinski definition) is 3. The number of rotatable bonds is 5. The fraction of sp³-hybridized carbons (Fsp3) is 0.500. The van der Waals surface area contributed by atoms with E-state index in [9.17, 15) is 14.6 Å². The summed E-state index contributed by atoms with van der Waals surface area (Å²) in [6.45, 7) is 3.88. The molecule has 90 valence electrons. The highest BCUT2D eigenvalue weighted by Crippen LogP contribution is 2.21. The van der Waals surface area contributed by atoms with Gasteiger partial charge in [-0.2, -0.15) is 0 Å². The van der Waals surface area contributed by atoms with Crippen LogP contribution >= 0.6 is 0 Å². The number of aliphatic hydroxyl groups is 1. The molecule has 0 aromatic heterocycles. The summed E-state index contributed by atoms with van der Waals surface area (Å²) >= 11 is 0. The number of phenolic OH excluding ortho intramolecular Hbond substituents is 1. The van der Waals surface area contributed by atoms with E-state index in [0.29, 0.717) is 5.56 Å². The van der Waals surface area contributed by atoms with Crippen LogP contribution in [0, 0.1) is 5.82 Å². The van der Waals surface area contributed by atoms with Gasteiger partial charge in [0.2, 0.25) is 0 Å². The van der Waals surface area contributed by atoms with Crippen molar-refractivity contribution in [3.8, 4) is 5.75 Å². The molecule has 0 bridgehead atoms. The van der Waals surface area contributed by atoms with E-state index in [1.807, 2.05) is 13.8 Å². The molecule has 1 rings (SSSR count). The van der Waals surface area contributed by atoms with Crippen LogP contribution in [0.4, 0.5) is 4.39 Å². The van der Waals surface area contributed by atoms with E-state index in [1.165, 1.54) is 12.1 Å². The zero-order valence-corrected chi connectivity index (χ0v) is 9.57. The lowest BCUT2D eigenvalue weighted by Crippen LogP contribution is -2.32. The first kappa shape index (κ1) is 12.9. The average Bonchev–Trinajstić information content (AvgIpc) is 2.24. The molecule has 0 aliphatic rings. The van der Waals surface area contributed by atoms with Crippen LogP contribution in [0.5, 0.6) is 5.75 Å². The lowest BCUT2D eigenvalue weighted by atomic mass is 10.1. The first-order valence-electron chi connectivity index (χ1n) is 5.43. The second-order valence-corrected chi connectivity index (χ2v) is 3.95. The van der Waals surface area contributed by atoms with Crippen molar-refractivity contribution in [1.29, 1.82) is 0 Å². The van der Waals surface area contributed by atoms with Crippen LogP contribution < -0.4 is 5.32 Å². The summed E-state index contributed by atoms with van der Waals surface area (Å²) in [5.74, 6) is -0.626. The van der Waals surface area contributed by atoms with Crippen LogP contribution in [0.2, 0.25) is 0 Å². The third-order valence-electron chi connectivity index (χ3n) is 2.59. The Morgan fingerprint density at radius 1 is 1.38 bits per heavy atom. The first-order chi connectivity index (χ1) is 7.56. The van der Waals surface area contributed by atoms with Gasteiger partial charge < -0.3 is 15.5 Å². The summed E-state index contributed by atoms with van der Waals surface area (Å²) in [6, 6.07) is 3.69. The van der Waals surface area contributed by atoms with E-state index < -0.39 is 5.82 Å². The lowest BCUT2D eigenvalue weighted by molar-refractivity contribution is 0.233. The van der Waals surface area contributed by atoms with Crippen LogP contribution in [0.3, 0.4) is 0 Å². The van der Waals surface area contributed by atoms with Gasteiger partial charge in [0.1, 0.15) is 11.6 Å². The molecule has 0 spiro atoms. The maximum atomic E-state index is 13.1. The van der Waals surface area contributed by atoms with Crippen LogP contribution in [0.25, 0.3) is 0 Å². The molecule has 2 unspecified atom stereocenters. The Labute approximate surface area is 94.9 Å². The summed E-state index contributed by atoms with van der Waals surface area (Å²) in [7, 11) is 0. The van der Waals surface area contributed by atoms with Crippen LogP contribution in [-0.2, 0) is 0 Å². The number of hydrogen-bond acceptors (Lipinski definition) is 3. The molecule has 1 aromatic carbocycles. The maximum Gasteiger partial charge on any atom is 0.127 e. The molecule has 0 heterocycles. The number of aromatic hydroxyl groups is 1. The van der Waals surface area contributed by atoms with Crippen molar-refractivity contribution in [2.75, 3.05) is 6.61 Å². The van der Waals surface area contributed by atoms with Gasteiger partial charge in [0.15, 0.2) is 0 Å². The molecule has 16 heavy (non-hydrogen) atoms. The zero-order valence-electron chi connectivity index (χ0n) is 9.57. The standard InChI is InChI=1S/C12H18FNO2/c1-3-8(2)14-12(7-15)9-4-10(13)6-11(16)5-9/h4-6,8,12,14-16H,3,7H2,1-2H3. The number of halogens is 1. The second-order valence-electron chi connectivity index (χ2n) is 3.95. The van der Waals surface area contributed by atoms with Crippen LogP contribution in [0.15, 0.2) is 18.2 Å². The van der Waals surface area contributed by atoms with Gasteiger partial charge >= 0.3 is 0 Å². The molecule has 0 amide bonds. The summed E-state index contributed by atoms with van der Waals surface area (Å²) in [5, 5.41) is 21.7. The Morgan fingerprint density at radius 2 is 2.06 bits per heavy atom. The van der Waals surface area contributed by atoms with Gasteiger partial charge in [-0.05, 0) is 31.0 Å². The molecule has 3 nitrogen and oxygen atoms in total. The lowest BCUT2D eigenvalue weighted by Gasteiger charge is -2.21. The molecule has 0 aliphatic heterocycles. The SMILES string of the molecule is CCC(C)NC(CO)c1cc(O)cc(F)c1. The normalized spacial score (nSPS) is 14.8. The summed E-state index contributed by atoms with van der Waals surface area (Å²) in [6.07, 6.45) is 0.914. The zero-order chi connectivity index (χ0) is 12.1. The predicted molar refractivity (Wildman–Crippen MR) is 60.8 cm³/mol. The summed E-state index contributed by atoms with van der Waals surface area (Å²) < 4.78 is 13.1. The molecule has 0 radical (unpaired) electrons. The Kier molecular flexibility index (Phi) is 4.71. The fourth-order valence-electron chi connectivity index (χ4n) is 1.51. The Balaban J connectivity index is 2.86. The fourth-order valence-corrected chi connectivity index (χ4v) is 1.51. The average molecular weight is 227 g/mol. The van der Waals surface area contributed by atoms with Crippen molar-refractivity contribution in [2.45, 2.75) is 32.4 Å². The molecule has 0 aliphatic carbocycles. The van der Waals surface area contributed by atoms with Gasteiger partial charge in [0, 0.05) is 12.1 Å². The third kappa shape index (κ3) is 3.47. The highest BCUT2D eigenvalue weighted by Gasteiger charge is 2.14. The van der Waals surface area contributed by atoms with Crippen LogP contribution in [0.1, 0.15) is 31.9 Å². The molecule has 2 atom stereocenters. The third-order valence-corrected chi connectivity index (χ3v) is 2.59. The monoisotopic (exact) mass is 227 g/mol. The van der Waals surface area contributed by atoms with E-state index in [4.69, 9.17) is 0 Å². The second kappa shape index (κ2) is 5.82. The number of phenols is 1. The van der Waals surface area contributed by atoms with Crippen molar-refractivity contribution < 1.29 is 14.6 Å². The molecule has 4 heteroatoms. The Hall–Kier alpha value is -1.13. The summed E-state index contributed by atoms with van der Waals surface area (Å²) in [4.78, 5) is 0. The Morgan fingerprint density at radius 3 is 2.56 bits per heavy atom. The number of nitrogens with one attached hydrogen (secondary N) is 1. The van der Waals surface area contributed by atoms with Gasteiger partial charge in [-0.1, -0.05) is 6.92 Å². The van der Waals surface area contributed by atoms with Gasteiger partial charge in [-0.3, -0.25) is 0 Å². The van der Waals surface area contributed by atoms with E-state index in [-0.39, 0.29) is 24.4 Å². The smallest absolute Gasteiger partial charge is 0.127 e. The van der Waals surface area contributed by atoms with Crippen molar-refractivity contribution in [3.05, 3.63) is 29.6 Å². The largest absolute Gasteiger partial charge is 0.508 e. The van der Waals surface area contributed by atoms with Crippen molar-refractivity contribution in [2.24, 2.45) is 0 Å². The Bertz CT molecular complexity index is 324. The highest BCUT2D eigenvalue weighted by atomic mass is 19.1. The van der Waals surface area contributed by atoms with E-state index in [1.54, 1.807) is 0 Å². The molecular weight excluding hydrogens is 209 g/mol. The molecule has 0 fully saturated rings. The molecular formula is C12H18FNO2. The minimum atomic E-state index is -0.501. The first-order valence-corrected chi connectivity index (χ1v) is 5.43. The quantitative estimate of drug-likeness (QED) is 0.720.